The highest BCUT2D eigenvalue weighted by atomic mass is 35.5. The van der Waals surface area contributed by atoms with E-state index in [-0.39, 0.29) is 12.0 Å². The number of ether oxygens (including phenoxy) is 1. The smallest absolute Gasteiger partial charge is 0.227 e. The van der Waals surface area contributed by atoms with Crippen molar-refractivity contribution in [1.29, 1.82) is 0 Å². The summed E-state index contributed by atoms with van der Waals surface area (Å²) in [5, 5.41) is 4.27. The molecule has 0 saturated carbocycles. The third-order valence-electron chi connectivity index (χ3n) is 7.28. The van der Waals surface area contributed by atoms with Crippen LogP contribution in [0.3, 0.4) is 0 Å². The predicted molar refractivity (Wildman–Crippen MR) is 140 cm³/mol. The van der Waals surface area contributed by atoms with Crippen molar-refractivity contribution in [2.24, 2.45) is 0 Å². The van der Waals surface area contributed by atoms with Crippen LogP contribution in [-0.4, -0.2) is 57.6 Å². The zero-order chi connectivity index (χ0) is 24.6. The van der Waals surface area contributed by atoms with Crippen molar-refractivity contribution in [2.75, 3.05) is 42.3 Å². The van der Waals surface area contributed by atoms with Crippen LogP contribution in [0.1, 0.15) is 48.9 Å². The molecule has 0 bridgehead atoms. The van der Waals surface area contributed by atoms with Crippen LogP contribution in [-0.2, 0) is 22.3 Å². The van der Waals surface area contributed by atoms with E-state index in [0.29, 0.717) is 10.8 Å². The Labute approximate surface area is 219 Å². The van der Waals surface area contributed by atoms with Gasteiger partial charge in [-0.3, -0.25) is 0 Å². The van der Waals surface area contributed by atoms with Crippen LogP contribution in [0.5, 0.6) is 0 Å². The van der Waals surface area contributed by atoms with Crippen molar-refractivity contribution in [1.82, 2.24) is 15.0 Å². The molecule has 0 amide bonds. The molecule has 6 rings (SSSR count). The van der Waals surface area contributed by atoms with Gasteiger partial charge in [0.05, 0.1) is 5.69 Å². The average molecular weight is 528 g/mol. The fraction of sp³-hybridized carbons (Fsp3) is 0.500. The molecule has 190 valence electrons. The van der Waals surface area contributed by atoms with E-state index in [1.807, 2.05) is 31.2 Å². The predicted octanol–water partition coefficient (Wildman–Crippen LogP) is 4.73. The summed E-state index contributed by atoms with van der Waals surface area (Å²) < 4.78 is 24.4. The van der Waals surface area contributed by atoms with E-state index in [0.717, 1.165) is 104 Å². The molecule has 1 atom stereocenters. The molecule has 1 aromatic carbocycles. The summed E-state index contributed by atoms with van der Waals surface area (Å²) in [5.41, 5.74) is 2.81. The quantitative estimate of drug-likeness (QED) is 0.475. The topological polar surface area (TPSA) is 99.4 Å². The fourth-order valence-electron chi connectivity index (χ4n) is 5.25. The van der Waals surface area contributed by atoms with Crippen molar-refractivity contribution < 1.29 is 13.7 Å². The zero-order valence-corrected chi connectivity index (χ0v) is 21.9. The average Bonchev–Trinajstić information content (AvgIpc) is 3.48. The summed E-state index contributed by atoms with van der Waals surface area (Å²) in [5.74, 6) is 3.95. The van der Waals surface area contributed by atoms with Crippen molar-refractivity contribution in [3.8, 4) is 11.3 Å². The summed E-state index contributed by atoms with van der Waals surface area (Å²) in [6.07, 6.45) is 4.42. The Hall–Kier alpha value is -2.33. The van der Waals surface area contributed by atoms with Crippen molar-refractivity contribution in [3.05, 3.63) is 46.6 Å². The van der Waals surface area contributed by atoms with E-state index >= 15 is 0 Å². The molecular weight excluding hydrogens is 498 g/mol. The molecular formula is C26H30ClN5O3S. The number of aromatic nitrogens is 3. The van der Waals surface area contributed by atoms with Crippen LogP contribution < -0.4 is 10.2 Å². The molecule has 10 heteroatoms. The maximum Gasteiger partial charge on any atom is 0.227 e. The van der Waals surface area contributed by atoms with E-state index in [9.17, 15) is 4.55 Å². The van der Waals surface area contributed by atoms with E-state index in [1.54, 1.807) is 0 Å². The Kier molecular flexibility index (Phi) is 6.81. The molecule has 1 unspecified atom stereocenters. The van der Waals surface area contributed by atoms with Gasteiger partial charge in [0.25, 0.3) is 0 Å². The van der Waals surface area contributed by atoms with E-state index < -0.39 is 11.2 Å². The molecule has 3 aromatic rings. The SMILES string of the molecule is Cc1nc(C2CCN(c3nc4c(c(NC5CCOCC5)n3)[S+]([O-])CC4)CC2)oc1-c1ccc(Cl)cc1. The van der Waals surface area contributed by atoms with Gasteiger partial charge in [-0.1, -0.05) is 11.6 Å². The number of hydrogen-bond acceptors (Lipinski definition) is 8. The molecule has 1 N–H and O–H groups in total. The molecule has 0 radical (unpaired) electrons. The third-order valence-corrected chi connectivity index (χ3v) is 9.00. The lowest BCUT2D eigenvalue weighted by molar-refractivity contribution is 0.0903. The normalized spacial score (nSPS) is 21.1. The molecule has 3 aliphatic heterocycles. The Morgan fingerprint density at radius 2 is 1.81 bits per heavy atom. The Bertz CT molecular complexity index is 1220. The molecule has 2 saturated heterocycles. The van der Waals surface area contributed by atoms with Crippen LogP contribution in [0.25, 0.3) is 11.3 Å². The van der Waals surface area contributed by atoms with Gasteiger partial charge in [0.2, 0.25) is 10.8 Å². The first-order valence-corrected chi connectivity index (χ1v) is 14.4. The molecule has 36 heavy (non-hydrogen) atoms. The van der Waals surface area contributed by atoms with Gasteiger partial charge in [0.1, 0.15) is 11.4 Å². The van der Waals surface area contributed by atoms with Crippen LogP contribution in [0.2, 0.25) is 5.02 Å². The number of oxazole rings is 1. The van der Waals surface area contributed by atoms with Gasteiger partial charge in [0, 0.05) is 55.3 Å². The van der Waals surface area contributed by atoms with Gasteiger partial charge < -0.3 is 23.9 Å². The van der Waals surface area contributed by atoms with Gasteiger partial charge in [-0.15, -0.1) is 0 Å². The van der Waals surface area contributed by atoms with Crippen molar-refractivity contribution >= 4 is 34.5 Å². The first kappa shape index (κ1) is 24.0. The Morgan fingerprint density at radius 1 is 1.06 bits per heavy atom. The number of nitrogens with zero attached hydrogens (tertiary/aromatic N) is 4. The summed E-state index contributed by atoms with van der Waals surface area (Å²) >= 11 is 5.00. The van der Waals surface area contributed by atoms with Crippen molar-refractivity contribution in [2.45, 2.75) is 55.9 Å². The second-order valence-corrected chi connectivity index (χ2v) is 11.7. The maximum atomic E-state index is 12.7. The first-order valence-electron chi connectivity index (χ1n) is 12.7. The second-order valence-electron chi connectivity index (χ2n) is 9.71. The van der Waals surface area contributed by atoms with Crippen LogP contribution in [0.15, 0.2) is 33.6 Å². The van der Waals surface area contributed by atoms with Gasteiger partial charge >= 0.3 is 0 Å². The number of rotatable bonds is 5. The second kappa shape index (κ2) is 10.2. The minimum absolute atomic E-state index is 0.253. The highest BCUT2D eigenvalue weighted by molar-refractivity contribution is 7.91. The van der Waals surface area contributed by atoms with Crippen LogP contribution >= 0.6 is 11.6 Å². The minimum atomic E-state index is -1.04. The highest BCUT2D eigenvalue weighted by Crippen LogP contribution is 2.36. The van der Waals surface area contributed by atoms with Gasteiger partial charge in [-0.25, -0.2) is 9.97 Å². The van der Waals surface area contributed by atoms with E-state index in [1.165, 1.54) is 0 Å². The maximum absolute atomic E-state index is 12.7. The van der Waals surface area contributed by atoms with Gasteiger partial charge in [-0.05, 0) is 68.0 Å². The highest BCUT2D eigenvalue weighted by Gasteiger charge is 2.35. The molecule has 3 aliphatic rings. The Morgan fingerprint density at radius 3 is 2.56 bits per heavy atom. The fourth-order valence-corrected chi connectivity index (χ4v) is 6.69. The number of aryl methyl sites for hydroxylation is 2. The number of nitrogens with one attached hydrogen (secondary N) is 1. The third kappa shape index (κ3) is 4.81. The molecule has 0 spiro atoms. The zero-order valence-electron chi connectivity index (χ0n) is 20.3. The Balaban J connectivity index is 1.18. The number of piperidine rings is 1. The molecule has 0 aliphatic carbocycles. The largest absolute Gasteiger partial charge is 0.611 e. The molecule has 2 fully saturated rings. The van der Waals surface area contributed by atoms with Gasteiger partial charge in [0.15, 0.2) is 17.5 Å². The standard InChI is InChI=1S/C26H30ClN5O3S/c1-16-22(17-2-4-19(27)5-3-17)35-25(28-16)18-6-11-32(12-7-18)26-30-21-10-15-36(33)23(21)24(31-26)29-20-8-13-34-14-9-20/h2-5,18,20H,6-15H2,1H3,(H,29,30,31). The lowest BCUT2D eigenvalue weighted by Crippen LogP contribution is -2.35. The van der Waals surface area contributed by atoms with E-state index in [2.05, 4.69) is 10.2 Å². The molecule has 8 nitrogen and oxygen atoms in total. The molecule has 5 heterocycles. The van der Waals surface area contributed by atoms with Crippen molar-refractivity contribution in [3.63, 3.8) is 0 Å². The lowest BCUT2D eigenvalue weighted by Gasteiger charge is -2.31. The van der Waals surface area contributed by atoms with Crippen LogP contribution in [0, 0.1) is 6.92 Å². The number of hydrogen-bond donors (Lipinski definition) is 1. The monoisotopic (exact) mass is 527 g/mol. The number of fused-ring (bicyclic) bond motifs is 1. The summed E-state index contributed by atoms with van der Waals surface area (Å²) in [6, 6.07) is 7.96. The molecule has 2 aromatic heterocycles. The van der Waals surface area contributed by atoms with E-state index in [4.69, 9.17) is 35.7 Å². The van der Waals surface area contributed by atoms with Gasteiger partial charge in [-0.2, -0.15) is 4.98 Å². The van der Waals surface area contributed by atoms with Crippen LogP contribution in [0.4, 0.5) is 11.8 Å². The number of benzene rings is 1. The minimum Gasteiger partial charge on any atom is -0.611 e. The first-order chi connectivity index (χ1) is 17.5. The summed E-state index contributed by atoms with van der Waals surface area (Å²) in [7, 11) is 0. The summed E-state index contributed by atoms with van der Waals surface area (Å²) in [6.45, 7) is 5.12. The lowest BCUT2D eigenvalue weighted by atomic mass is 9.97. The summed E-state index contributed by atoms with van der Waals surface area (Å²) in [4.78, 5) is 17.5. The number of anilines is 2. The number of halogens is 1.